The van der Waals surface area contributed by atoms with E-state index in [9.17, 15) is 0 Å². The van der Waals surface area contributed by atoms with Crippen LogP contribution >= 0.6 is 0 Å². The second kappa shape index (κ2) is 7.22. The van der Waals surface area contributed by atoms with Gasteiger partial charge in [-0.05, 0) is 31.9 Å². The minimum atomic E-state index is 0.692. The molecule has 0 saturated carbocycles. The molecule has 0 bridgehead atoms. The van der Waals surface area contributed by atoms with Crippen molar-refractivity contribution in [2.75, 3.05) is 6.61 Å². The van der Waals surface area contributed by atoms with Gasteiger partial charge >= 0.3 is 0 Å². The van der Waals surface area contributed by atoms with Crippen molar-refractivity contribution in [3.63, 3.8) is 0 Å². The minimum Gasteiger partial charge on any atom is -0.377 e. The van der Waals surface area contributed by atoms with Crippen LogP contribution in [0.5, 0.6) is 0 Å². The maximum atomic E-state index is 5.39. The molecule has 1 aromatic carbocycles. The van der Waals surface area contributed by atoms with E-state index in [1.54, 1.807) is 0 Å². The number of H-pyrrole nitrogens is 1. The molecule has 0 saturated heterocycles. The predicted octanol–water partition coefficient (Wildman–Crippen LogP) is 2.85. The Labute approximate surface area is 120 Å². The van der Waals surface area contributed by atoms with Crippen LogP contribution in [0.2, 0.25) is 0 Å². The van der Waals surface area contributed by atoms with E-state index in [4.69, 9.17) is 4.74 Å². The second-order valence-corrected chi connectivity index (χ2v) is 4.97. The largest absolute Gasteiger partial charge is 0.377 e. The number of benzene rings is 1. The maximum absolute atomic E-state index is 5.39. The van der Waals surface area contributed by atoms with Gasteiger partial charge in [0.15, 0.2) is 0 Å². The van der Waals surface area contributed by atoms with Crippen LogP contribution < -0.4 is 5.32 Å². The number of hydrogen-bond acceptors (Lipinski definition) is 3. The third kappa shape index (κ3) is 3.92. The summed E-state index contributed by atoms with van der Waals surface area (Å²) in [5.74, 6) is 0. The molecule has 0 aliphatic rings. The topological polar surface area (TPSA) is 49.9 Å². The number of hydrogen-bond donors (Lipinski definition) is 2. The fraction of sp³-hybridized carbons (Fsp3) is 0.438. The summed E-state index contributed by atoms with van der Waals surface area (Å²) in [6, 6.07) is 8.55. The van der Waals surface area contributed by atoms with Gasteiger partial charge in [-0.25, -0.2) is 0 Å². The Morgan fingerprint density at radius 3 is 2.40 bits per heavy atom. The molecule has 4 heteroatoms. The lowest BCUT2D eigenvalue weighted by Gasteiger charge is -2.07. The first-order chi connectivity index (χ1) is 9.70. The molecule has 1 aromatic heterocycles. The number of aromatic nitrogens is 2. The molecule has 0 amide bonds. The maximum Gasteiger partial charge on any atom is 0.0716 e. The normalized spacial score (nSPS) is 10.9. The molecule has 0 radical (unpaired) electrons. The van der Waals surface area contributed by atoms with E-state index >= 15 is 0 Å². The minimum absolute atomic E-state index is 0.692. The second-order valence-electron chi connectivity index (χ2n) is 4.97. The molecule has 0 fully saturated rings. The van der Waals surface area contributed by atoms with Crippen LogP contribution in [-0.4, -0.2) is 16.8 Å². The van der Waals surface area contributed by atoms with Crippen molar-refractivity contribution in [2.45, 2.75) is 40.5 Å². The SMILES string of the molecule is CCOCc1ccc(CNCc2c(C)n[nH]c2C)cc1. The van der Waals surface area contributed by atoms with Crippen LogP contribution in [0.4, 0.5) is 0 Å². The van der Waals surface area contributed by atoms with Crippen molar-refractivity contribution in [3.05, 3.63) is 52.3 Å². The van der Waals surface area contributed by atoms with E-state index in [2.05, 4.69) is 46.7 Å². The van der Waals surface area contributed by atoms with Gasteiger partial charge < -0.3 is 10.1 Å². The highest BCUT2D eigenvalue weighted by Crippen LogP contribution is 2.10. The summed E-state index contributed by atoms with van der Waals surface area (Å²) in [5.41, 5.74) is 5.98. The quantitative estimate of drug-likeness (QED) is 0.815. The molecule has 0 unspecified atom stereocenters. The first-order valence-corrected chi connectivity index (χ1v) is 7.07. The first-order valence-electron chi connectivity index (χ1n) is 7.07. The van der Waals surface area contributed by atoms with Crippen molar-refractivity contribution in [1.29, 1.82) is 0 Å². The van der Waals surface area contributed by atoms with Crippen LogP contribution in [0.3, 0.4) is 0 Å². The summed E-state index contributed by atoms with van der Waals surface area (Å²) in [4.78, 5) is 0. The summed E-state index contributed by atoms with van der Waals surface area (Å²) < 4.78 is 5.39. The van der Waals surface area contributed by atoms with Gasteiger partial charge in [-0.15, -0.1) is 0 Å². The number of aromatic amines is 1. The summed E-state index contributed by atoms with van der Waals surface area (Å²) >= 11 is 0. The zero-order valence-corrected chi connectivity index (χ0v) is 12.5. The van der Waals surface area contributed by atoms with E-state index in [0.29, 0.717) is 6.61 Å². The third-order valence-electron chi connectivity index (χ3n) is 3.41. The van der Waals surface area contributed by atoms with Crippen LogP contribution in [0.1, 0.15) is 35.0 Å². The van der Waals surface area contributed by atoms with Gasteiger partial charge in [-0.3, -0.25) is 5.10 Å². The number of rotatable bonds is 7. The molecular weight excluding hydrogens is 250 g/mol. The molecule has 0 spiro atoms. The van der Waals surface area contributed by atoms with Crippen LogP contribution in [0.15, 0.2) is 24.3 Å². The fourth-order valence-corrected chi connectivity index (χ4v) is 2.14. The zero-order chi connectivity index (χ0) is 14.4. The Morgan fingerprint density at radius 2 is 1.80 bits per heavy atom. The first kappa shape index (κ1) is 14.8. The van der Waals surface area contributed by atoms with Gasteiger partial charge in [0.1, 0.15) is 0 Å². The molecule has 2 rings (SSSR count). The smallest absolute Gasteiger partial charge is 0.0716 e. The van der Waals surface area contributed by atoms with Crippen LogP contribution in [-0.2, 0) is 24.4 Å². The lowest BCUT2D eigenvalue weighted by Crippen LogP contribution is -2.13. The summed E-state index contributed by atoms with van der Waals surface area (Å²) in [6.45, 7) is 9.25. The van der Waals surface area contributed by atoms with Gasteiger partial charge in [0, 0.05) is 31.0 Å². The van der Waals surface area contributed by atoms with Crippen molar-refractivity contribution in [3.8, 4) is 0 Å². The third-order valence-corrected chi connectivity index (χ3v) is 3.41. The molecule has 0 atom stereocenters. The Kier molecular flexibility index (Phi) is 5.32. The Hall–Kier alpha value is -1.65. The monoisotopic (exact) mass is 273 g/mol. The molecule has 2 aromatic rings. The lowest BCUT2D eigenvalue weighted by molar-refractivity contribution is 0.134. The van der Waals surface area contributed by atoms with Crippen molar-refractivity contribution in [1.82, 2.24) is 15.5 Å². The van der Waals surface area contributed by atoms with E-state index in [1.807, 2.05) is 13.8 Å². The van der Waals surface area contributed by atoms with Crippen molar-refractivity contribution < 1.29 is 4.74 Å². The number of ether oxygens (including phenoxy) is 1. The molecular formula is C16H23N3O. The number of nitrogens with zero attached hydrogens (tertiary/aromatic N) is 1. The van der Waals surface area contributed by atoms with Crippen molar-refractivity contribution in [2.24, 2.45) is 0 Å². The van der Waals surface area contributed by atoms with E-state index in [0.717, 1.165) is 31.1 Å². The van der Waals surface area contributed by atoms with E-state index in [-0.39, 0.29) is 0 Å². The van der Waals surface area contributed by atoms with Crippen LogP contribution in [0.25, 0.3) is 0 Å². The van der Waals surface area contributed by atoms with Gasteiger partial charge in [0.2, 0.25) is 0 Å². The van der Waals surface area contributed by atoms with E-state index < -0.39 is 0 Å². The Balaban J connectivity index is 1.82. The van der Waals surface area contributed by atoms with Gasteiger partial charge in [-0.1, -0.05) is 24.3 Å². The van der Waals surface area contributed by atoms with Gasteiger partial charge in [-0.2, -0.15) is 5.10 Å². The fourth-order valence-electron chi connectivity index (χ4n) is 2.14. The molecule has 4 nitrogen and oxygen atoms in total. The van der Waals surface area contributed by atoms with E-state index in [1.165, 1.54) is 16.7 Å². The average molecular weight is 273 g/mol. The Morgan fingerprint density at radius 1 is 1.10 bits per heavy atom. The van der Waals surface area contributed by atoms with Crippen LogP contribution in [0, 0.1) is 13.8 Å². The molecule has 0 aliphatic heterocycles. The summed E-state index contributed by atoms with van der Waals surface area (Å²) in [7, 11) is 0. The average Bonchev–Trinajstić information content (AvgIpc) is 2.78. The molecule has 0 aliphatic carbocycles. The predicted molar refractivity (Wildman–Crippen MR) is 80.4 cm³/mol. The highest BCUT2D eigenvalue weighted by molar-refractivity contribution is 5.24. The standard InChI is InChI=1S/C16H23N3O/c1-4-20-11-15-7-5-14(6-8-15)9-17-10-16-12(2)18-19-13(16)3/h5-8,17H,4,9-11H2,1-3H3,(H,18,19). The highest BCUT2D eigenvalue weighted by Gasteiger charge is 2.05. The number of aryl methyl sites for hydroxylation is 2. The Bertz CT molecular complexity index is 512. The molecule has 20 heavy (non-hydrogen) atoms. The molecule has 108 valence electrons. The number of nitrogens with one attached hydrogen (secondary N) is 2. The zero-order valence-electron chi connectivity index (χ0n) is 12.5. The van der Waals surface area contributed by atoms with Gasteiger partial charge in [0.05, 0.1) is 12.3 Å². The highest BCUT2D eigenvalue weighted by atomic mass is 16.5. The summed E-state index contributed by atoms with van der Waals surface area (Å²) in [5, 5.41) is 10.7. The molecule has 1 heterocycles. The van der Waals surface area contributed by atoms with Crippen molar-refractivity contribution >= 4 is 0 Å². The lowest BCUT2D eigenvalue weighted by atomic mass is 10.1. The van der Waals surface area contributed by atoms with Gasteiger partial charge in [0.25, 0.3) is 0 Å². The summed E-state index contributed by atoms with van der Waals surface area (Å²) in [6.07, 6.45) is 0. The molecule has 2 N–H and O–H groups in total.